The molecule has 1 aliphatic carbocycles. The Bertz CT molecular complexity index is 1260. The van der Waals surface area contributed by atoms with Gasteiger partial charge in [-0.05, 0) is 62.1 Å². The lowest BCUT2D eigenvalue weighted by Crippen LogP contribution is -2.37. The molecule has 36 heavy (non-hydrogen) atoms. The molecule has 2 bridgehead atoms. The van der Waals surface area contributed by atoms with Gasteiger partial charge in [-0.1, -0.05) is 19.9 Å². The Morgan fingerprint density at radius 2 is 2.00 bits per heavy atom. The number of carbonyl (C=O) groups is 1. The summed E-state index contributed by atoms with van der Waals surface area (Å²) in [5, 5.41) is 8.88. The van der Waals surface area contributed by atoms with Gasteiger partial charge in [-0.2, -0.15) is 5.10 Å². The number of benzene rings is 1. The number of anilines is 2. The Morgan fingerprint density at radius 1 is 1.17 bits per heavy atom. The molecule has 3 fully saturated rings. The van der Waals surface area contributed by atoms with Crippen molar-refractivity contribution in [2.24, 2.45) is 11.8 Å². The number of nitrogens with zero attached hydrogens (tertiary/aromatic N) is 4. The van der Waals surface area contributed by atoms with E-state index >= 15 is 0 Å². The number of fused-ring (bicyclic) bond motifs is 3. The first-order chi connectivity index (χ1) is 17.5. The van der Waals surface area contributed by atoms with Crippen molar-refractivity contribution in [3.05, 3.63) is 42.2 Å². The highest BCUT2D eigenvalue weighted by Crippen LogP contribution is 2.37. The SMILES string of the molecule is COc1cc2nn([C@H]3CC[C@H](C(C)C)CC3)cc2cc1NC(=O)c1cccc(N2C[C@H]3C[C@@H]2CO3)n1. The number of hydrogen-bond acceptors (Lipinski definition) is 6. The van der Waals surface area contributed by atoms with Crippen LogP contribution in [0.2, 0.25) is 0 Å². The Labute approximate surface area is 212 Å². The quantitative estimate of drug-likeness (QED) is 0.521. The fourth-order valence-corrected chi connectivity index (χ4v) is 6.13. The van der Waals surface area contributed by atoms with Crippen molar-refractivity contribution >= 4 is 28.3 Å². The zero-order chi connectivity index (χ0) is 24.8. The summed E-state index contributed by atoms with van der Waals surface area (Å²) in [5.41, 5.74) is 1.89. The van der Waals surface area contributed by atoms with E-state index in [1.165, 1.54) is 12.8 Å². The van der Waals surface area contributed by atoms with Crippen LogP contribution in [0.3, 0.4) is 0 Å². The van der Waals surface area contributed by atoms with E-state index in [-0.39, 0.29) is 12.0 Å². The molecule has 190 valence electrons. The van der Waals surface area contributed by atoms with Crippen LogP contribution in [0.5, 0.6) is 5.75 Å². The van der Waals surface area contributed by atoms with E-state index < -0.39 is 0 Å². The predicted octanol–water partition coefficient (Wildman–Crippen LogP) is 5.06. The first-order valence-electron chi connectivity index (χ1n) is 13.2. The fraction of sp³-hybridized carbons (Fsp3) is 0.536. The van der Waals surface area contributed by atoms with Gasteiger partial charge in [-0.25, -0.2) is 4.98 Å². The Balaban J connectivity index is 1.20. The Kier molecular flexibility index (Phi) is 6.07. The molecule has 4 heterocycles. The number of hydrogen-bond donors (Lipinski definition) is 1. The number of amides is 1. The Hall–Kier alpha value is -3.13. The van der Waals surface area contributed by atoms with E-state index in [2.05, 4.69) is 39.9 Å². The molecule has 0 unspecified atom stereocenters. The minimum absolute atomic E-state index is 0.255. The lowest BCUT2D eigenvalue weighted by molar-refractivity contribution is 0.0988. The average molecular weight is 490 g/mol. The number of pyridine rings is 1. The van der Waals surface area contributed by atoms with E-state index in [0.29, 0.717) is 29.2 Å². The number of methoxy groups -OCH3 is 1. The summed E-state index contributed by atoms with van der Waals surface area (Å²) in [6.45, 7) is 6.21. The number of morpholine rings is 1. The van der Waals surface area contributed by atoms with E-state index in [1.54, 1.807) is 13.2 Å². The highest BCUT2D eigenvalue weighted by Gasteiger charge is 2.39. The lowest BCUT2D eigenvalue weighted by atomic mass is 9.80. The van der Waals surface area contributed by atoms with E-state index in [9.17, 15) is 4.79 Å². The molecular weight excluding hydrogens is 454 g/mol. The lowest BCUT2D eigenvalue weighted by Gasteiger charge is -2.30. The summed E-state index contributed by atoms with van der Waals surface area (Å²) in [6.07, 6.45) is 8.23. The number of aromatic nitrogens is 3. The second-order valence-corrected chi connectivity index (χ2v) is 10.9. The van der Waals surface area contributed by atoms with Gasteiger partial charge in [-0.3, -0.25) is 9.48 Å². The summed E-state index contributed by atoms with van der Waals surface area (Å²) in [6, 6.07) is 10.2. The molecule has 1 amide bonds. The van der Waals surface area contributed by atoms with E-state index in [0.717, 1.165) is 61.0 Å². The van der Waals surface area contributed by atoms with Crippen molar-refractivity contribution < 1.29 is 14.3 Å². The summed E-state index contributed by atoms with van der Waals surface area (Å²) in [7, 11) is 1.62. The van der Waals surface area contributed by atoms with Gasteiger partial charge in [-0.15, -0.1) is 0 Å². The minimum atomic E-state index is -0.255. The van der Waals surface area contributed by atoms with Crippen molar-refractivity contribution in [2.75, 3.05) is 30.5 Å². The molecule has 3 aliphatic rings. The maximum Gasteiger partial charge on any atom is 0.274 e. The van der Waals surface area contributed by atoms with Crippen LogP contribution in [0.15, 0.2) is 36.5 Å². The number of nitrogens with one attached hydrogen (secondary N) is 1. The normalized spacial score (nSPS) is 25.6. The number of carbonyl (C=O) groups excluding carboxylic acids is 1. The topological polar surface area (TPSA) is 81.5 Å². The van der Waals surface area contributed by atoms with Gasteiger partial charge in [0.15, 0.2) is 0 Å². The molecule has 1 N–H and O–H groups in total. The number of ether oxygens (including phenoxy) is 2. The van der Waals surface area contributed by atoms with Crippen LogP contribution in [-0.2, 0) is 4.74 Å². The Morgan fingerprint density at radius 3 is 2.69 bits per heavy atom. The van der Waals surface area contributed by atoms with Gasteiger partial charge in [0.25, 0.3) is 5.91 Å². The van der Waals surface area contributed by atoms with E-state index in [4.69, 9.17) is 14.6 Å². The van der Waals surface area contributed by atoms with E-state index in [1.807, 2.05) is 24.3 Å². The molecule has 0 radical (unpaired) electrons. The second kappa shape index (κ2) is 9.39. The first kappa shape index (κ1) is 23.3. The summed E-state index contributed by atoms with van der Waals surface area (Å²) < 4.78 is 13.4. The molecule has 2 saturated heterocycles. The highest BCUT2D eigenvalue weighted by molar-refractivity contribution is 6.05. The van der Waals surface area contributed by atoms with Crippen LogP contribution in [0, 0.1) is 11.8 Å². The van der Waals surface area contributed by atoms with Crippen LogP contribution in [0.1, 0.15) is 62.5 Å². The van der Waals surface area contributed by atoms with Crippen molar-refractivity contribution in [3.8, 4) is 5.75 Å². The van der Waals surface area contributed by atoms with Crippen molar-refractivity contribution in [3.63, 3.8) is 0 Å². The van der Waals surface area contributed by atoms with Gasteiger partial charge < -0.3 is 19.7 Å². The maximum atomic E-state index is 13.2. The van der Waals surface area contributed by atoms with Crippen molar-refractivity contribution in [1.29, 1.82) is 0 Å². The maximum absolute atomic E-state index is 13.2. The molecule has 2 aromatic heterocycles. The summed E-state index contributed by atoms with van der Waals surface area (Å²) in [5.74, 6) is 2.72. The van der Waals surface area contributed by atoms with Gasteiger partial charge >= 0.3 is 0 Å². The molecule has 8 nitrogen and oxygen atoms in total. The largest absolute Gasteiger partial charge is 0.494 e. The summed E-state index contributed by atoms with van der Waals surface area (Å²) >= 11 is 0. The highest BCUT2D eigenvalue weighted by atomic mass is 16.5. The monoisotopic (exact) mass is 489 g/mol. The van der Waals surface area contributed by atoms with Gasteiger partial charge in [0, 0.05) is 24.2 Å². The minimum Gasteiger partial charge on any atom is -0.494 e. The zero-order valence-corrected chi connectivity index (χ0v) is 21.3. The molecule has 1 aromatic carbocycles. The first-order valence-corrected chi connectivity index (χ1v) is 13.2. The second-order valence-electron chi connectivity index (χ2n) is 10.9. The van der Waals surface area contributed by atoms with Crippen LogP contribution >= 0.6 is 0 Å². The molecule has 3 aromatic rings. The molecule has 8 heteroatoms. The average Bonchev–Trinajstić information content (AvgIpc) is 3.64. The molecule has 1 saturated carbocycles. The molecule has 6 rings (SSSR count). The van der Waals surface area contributed by atoms with Gasteiger partial charge in [0.2, 0.25) is 0 Å². The van der Waals surface area contributed by atoms with Crippen molar-refractivity contribution in [1.82, 2.24) is 14.8 Å². The smallest absolute Gasteiger partial charge is 0.274 e. The third kappa shape index (κ3) is 4.32. The fourth-order valence-electron chi connectivity index (χ4n) is 6.13. The van der Waals surface area contributed by atoms with Gasteiger partial charge in [0.1, 0.15) is 17.3 Å². The molecule has 0 spiro atoms. The third-order valence-corrected chi connectivity index (χ3v) is 8.31. The van der Waals surface area contributed by atoms with Crippen LogP contribution in [0.25, 0.3) is 10.9 Å². The van der Waals surface area contributed by atoms with Crippen molar-refractivity contribution in [2.45, 2.75) is 64.1 Å². The standard InChI is InChI=1S/C28H35N5O3/c1-17(2)18-7-9-20(10-8-18)33-14-19-11-25(26(35-3)13-24(19)31-33)30-28(34)23-5-4-6-27(29-23)32-15-22-12-21(32)16-36-22/h4-6,11,13-14,17-18,20-22H,7-10,12,15-16H2,1-3H3,(H,30,34)/t18-,20-,21-,22-/m1/s1. The van der Waals surface area contributed by atoms with Crippen LogP contribution < -0.4 is 15.0 Å². The molecular formula is C28H35N5O3. The molecule has 2 aliphatic heterocycles. The predicted molar refractivity (Wildman–Crippen MR) is 140 cm³/mol. The summed E-state index contributed by atoms with van der Waals surface area (Å²) in [4.78, 5) is 20.1. The van der Waals surface area contributed by atoms with Gasteiger partial charge in [0.05, 0.1) is 43.1 Å². The molecule has 2 atom stereocenters. The van der Waals surface area contributed by atoms with Crippen LogP contribution in [-0.4, -0.2) is 53.1 Å². The zero-order valence-electron chi connectivity index (χ0n) is 21.3. The van der Waals surface area contributed by atoms with Crippen LogP contribution in [0.4, 0.5) is 11.5 Å². The third-order valence-electron chi connectivity index (χ3n) is 8.31. The number of rotatable bonds is 6.